The van der Waals surface area contributed by atoms with Gasteiger partial charge in [0.25, 0.3) is 5.91 Å². The van der Waals surface area contributed by atoms with E-state index in [9.17, 15) is 14.7 Å². The molecule has 0 aliphatic heterocycles. The predicted octanol–water partition coefficient (Wildman–Crippen LogP) is 0.619. The van der Waals surface area contributed by atoms with Crippen molar-refractivity contribution in [2.75, 3.05) is 12.3 Å². The largest absolute Gasteiger partial charge is 0.505 e. The van der Waals surface area contributed by atoms with Gasteiger partial charge in [-0.15, -0.1) is 0 Å². The number of amides is 2. The van der Waals surface area contributed by atoms with Crippen molar-refractivity contribution < 1.29 is 14.7 Å². The molecule has 0 aliphatic rings. The Morgan fingerprint density at radius 3 is 2.68 bits per heavy atom. The monoisotopic (exact) mass is 265 g/mol. The minimum Gasteiger partial charge on any atom is -0.505 e. The highest BCUT2D eigenvalue weighted by atomic mass is 16.3. The molecule has 1 rings (SSSR count). The van der Waals surface area contributed by atoms with Crippen LogP contribution >= 0.6 is 0 Å². The number of nitrogen functional groups attached to an aromatic ring is 1. The van der Waals surface area contributed by atoms with Crippen LogP contribution in [0.3, 0.4) is 0 Å². The van der Waals surface area contributed by atoms with E-state index in [1.165, 1.54) is 12.1 Å². The van der Waals surface area contributed by atoms with Gasteiger partial charge in [-0.3, -0.25) is 9.59 Å². The first-order chi connectivity index (χ1) is 8.91. The average molecular weight is 265 g/mol. The molecular weight excluding hydrogens is 246 g/mol. The zero-order chi connectivity index (χ0) is 14.4. The maximum absolute atomic E-state index is 11.8. The van der Waals surface area contributed by atoms with Crippen LogP contribution in [0.2, 0.25) is 0 Å². The first-order valence-corrected chi connectivity index (χ1v) is 6.07. The quantitative estimate of drug-likeness (QED) is 0.462. The number of hydrogen-bond acceptors (Lipinski definition) is 4. The molecule has 104 valence electrons. The average Bonchev–Trinajstić information content (AvgIpc) is 2.31. The Hall–Kier alpha value is -2.24. The molecule has 19 heavy (non-hydrogen) atoms. The first kappa shape index (κ1) is 14.8. The van der Waals surface area contributed by atoms with Crippen LogP contribution in [0.4, 0.5) is 5.69 Å². The topological polar surface area (TPSA) is 104 Å². The summed E-state index contributed by atoms with van der Waals surface area (Å²) in [5, 5.41) is 14.9. The molecule has 0 aromatic heterocycles. The molecule has 6 heteroatoms. The third-order valence-electron chi connectivity index (χ3n) is 2.40. The summed E-state index contributed by atoms with van der Waals surface area (Å²) >= 11 is 0. The van der Waals surface area contributed by atoms with Crippen LogP contribution in [0, 0.1) is 0 Å². The highest BCUT2D eigenvalue weighted by molar-refractivity contribution is 5.98. The van der Waals surface area contributed by atoms with E-state index in [0.29, 0.717) is 0 Å². The number of carbonyl (C=O) groups is 2. The smallest absolute Gasteiger partial charge is 0.255 e. The molecule has 6 nitrogen and oxygen atoms in total. The van der Waals surface area contributed by atoms with Crippen LogP contribution in [0.1, 0.15) is 30.6 Å². The summed E-state index contributed by atoms with van der Waals surface area (Å²) in [6, 6.07) is 4.62. The highest BCUT2D eigenvalue weighted by Crippen LogP contribution is 2.23. The van der Waals surface area contributed by atoms with E-state index in [2.05, 4.69) is 10.6 Å². The van der Waals surface area contributed by atoms with Gasteiger partial charge in [-0.2, -0.15) is 0 Å². The van der Waals surface area contributed by atoms with E-state index in [4.69, 9.17) is 5.73 Å². The Labute approximate surface area is 112 Å². The molecule has 0 saturated carbocycles. The summed E-state index contributed by atoms with van der Waals surface area (Å²) in [4.78, 5) is 23.1. The van der Waals surface area contributed by atoms with Crippen LogP contribution in [0.25, 0.3) is 0 Å². The Bertz CT molecular complexity index is 472. The summed E-state index contributed by atoms with van der Waals surface area (Å²) in [5.74, 6) is -0.833. The second-order valence-electron chi connectivity index (χ2n) is 4.47. The van der Waals surface area contributed by atoms with Crippen molar-refractivity contribution in [1.82, 2.24) is 10.6 Å². The number of rotatable bonds is 5. The lowest BCUT2D eigenvalue weighted by Gasteiger charge is -2.10. The molecule has 0 radical (unpaired) electrons. The minimum atomic E-state index is -0.456. The molecule has 0 bridgehead atoms. The number of benzene rings is 1. The summed E-state index contributed by atoms with van der Waals surface area (Å²) < 4.78 is 0. The number of carbonyl (C=O) groups excluding carboxylic acids is 2. The standard InChI is InChI=1S/C13H19N3O3/c1-8(2)16-11(17)6-7-15-13(19)9-4-3-5-10(14)12(9)18/h3-5,8,18H,6-7,14H2,1-2H3,(H,15,19)(H,16,17). The van der Waals surface area contributed by atoms with Crippen LogP contribution < -0.4 is 16.4 Å². The normalized spacial score (nSPS) is 10.3. The molecule has 0 unspecified atom stereocenters. The fourth-order valence-corrected chi connectivity index (χ4v) is 1.52. The summed E-state index contributed by atoms with van der Waals surface area (Å²) in [7, 11) is 0. The molecular formula is C13H19N3O3. The van der Waals surface area contributed by atoms with Crippen molar-refractivity contribution in [1.29, 1.82) is 0 Å². The molecule has 0 spiro atoms. The summed E-state index contributed by atoms with van der Waals surface area (Å²) in [5.41, 5.74) is 5.74. The predicted molar refractivity (Wildman–Crippen MR) is 72.7 cm³/mol. The van der Waals surface area contributed by atoms with Crippen LogP contribution in [0.5, 0.6) is 5.75 Å². The fraction of sp³-hybridized carbons (Fsp3) is 0.385. The number of nitrogens with one attached hydrogen (secondary N) is 2. The number of phenolic OH excluding ortho intramolecular Hbond substituents is 1. The number of aromatic hydroxyl groups is 1. The van der Waals surface area contributed by atoms with Gasteiger partial charge < -0.3 is 21.5 Å². The molecule has 1 aromatic rings. The molecule has 0 atom stereocenters. The molecule has 0 heterocycles. The number of hydrogen-bond donors (Lipinski definition) is 4. The van der Waals surface area contributed by atoms with Crippen molar-refractivity contribution in [3.05, 3.63) is 23.8 Å². The highest BCUT2D eigenvalue weighted by Gasteiger charge is 2.12. The van der Waals surface area contributed by atoms with Gasteiger partial charge in [-0.25, -0.2) is 0 Å². The fourth-order valence-electron chi connectivity index (χ4n) is 1.52. The number of anilines is 1. The zero-order valence-electron chi connectivity index (χ0n) is 11.1. The van der Waals surface area contributed by atoms with Gasteiger partial charge in [0.1, 0.15) is 0 Å². The second kappa shape index (κ2) is 6.63. The van der Waals surface area contributed by atoms with Crippen LogP contribution in [-0.2, 0) is 4.79 Å². The molecule has 5 N–H and O–H groups in total. The summed E-state index contributed by atoms with van der Waals surface area (Å²) in [6.07, 6.45) is 0.187. The van der Waals surface area contributed by atoms with E-state index in [-0.39, 0.29) is 41.9 Å². The van der Waals surface area contributed by atoms with Crippen molar-refractivity contribution in [2.45, 2.75) is 26.3 Å². The molecule has 0 aliphatic carbocycles. The van der Waals surface area contributed by atoms with E-state index in [1.807, 2.05) is 13.8 Å². The van der Waals surface area contributed by atoms with Crippen LogP contribution in [-0.4, -0.2) is 29.5 Å². The van der Waals surface area contributed by atoms with E-state index in [1.54, 1.807) is 6.07 Å². The van der Waals surface area contributed by atoms with Crippen molar-refractivity contribution in [2.24, 2.45) is 0 Å². The lowest BCUT2D eigenvalue weighted by molar-refractivity contribution is -0.121. The minimum absolute atomic E-state index is 0.0705. The van der Waals surface area contributed by atoms with Gasteiger partial charge in [-0.1, -0.05) is 6.07 Å². The number of phenols is 1. The molecule has 1 aromatic carbocycles. The van der Waals surface area contributed by atoms with Gasteiger partial charge in [0.05, 0.1) is 11.3 Å². The van der Waals surface area contributed by atoms with Gasteiger partial charge in [-0.05, 0) is 26.0 Å². The first-order valence-electron chi connectivity index (χ1n) is 6.07. The molecule has 0 saturated heterocycles. The zero-order valence-corrected chi connectivity index (χ0v) is 11.1. The second-order valence-corrected chi connectivity index (χ2v) is 4.47. The van der Waals surface area contributed by atoms with Crippen molar-refractivity contribution >= 4 is 17.5 Å². The van der Waals surface area contributed by atoms with Gasteiger partial charge in [0.15, 0.2) is 5.75 Å². The third-order valence-corrected chi connectivity index (χ3v) is 2.40. The Kier molecular flexibility index (Phi) is 5.17. The molecule has 2 amide bonds. The Balaban J connectivity index is 2.48. The Morgan fingerprint density at radius 1 is 1.37 bits per heavy atom. The maximum atomic E-state index is 11.8. The van der Waals surface area contributed by atoms with Crippen LogP contribution in [0.15, 0.2) is 18.2 Å². The SMILES string of the molecule is CC(C)NC(=O)CCNC(=O)c1cccc(N)c1O. The number of para-hydroxylation sites is 1. The maximum Gasteiger partial charge on any atom is 0.255 e. The van der Waals surface area contributed by atoms with E-state index >= 15 is 0 Å². The summed E-state index contributed by atoms with van der Waals surface area (Å²) in [6.45, 7) is 3.92. The lowest BCUT2D eigenvalue weighted by Crippen LogP contribution is -2.34. The van der Waals surface area contributed by atoms with E-state index in [0.717, 1.165) is 0 Å². The van der Waals surface area contributed by atoms with Gasteiger partial charge in [0, 0.05) is 19.0 Å². The third kappa shape index (κ3) is 4.50. The van der Waals surface area contributed by atoms with E-state index < -0.39 is 5.91 Å². The number of nitrogens with two attached hydrogens (primary N) is 1. The lowest BCUT2D eigenvalue weighted by atomic mass is 10.1. The van der Waals surface area contributed by atoms with Crippen molar-refractivity contribution in [3.63, 3.8) is 0 Å². The molecule has 0 fully saturated rings. The van der Waals surface area contributed by atoms with Gasteiger partial charge >= 0.3 is 0 Å². The van der Waals surface area contributed by atoms with Gasteiger partial charge in [0.2, 0.25) is 5.91 Å². The Morgan fingerprint density at radius 2 is 2.05 bits per heavy atom. The van der Waals surface area contributed by atoms with Crippen molar-refractivity contribution in [3.8, 4) is 5.75 Å².